The first-order valence-electron chi connectivity index (χ1n) is 8.26. The van der Waals surface area contributed by atoms with Crippen molar-refractivity contribution in [3.05, 3.63) is 64.3 Å². The lowest BCUT2D eigenvalue weighted by Gasteiger charge is -2.08. The topological polar surface area (TPSA) is 62.0 Å². The number of hydrogen-bond donors (Lipinski definition) is 2. The lowest BCUT2D eigenvalue weighted by Crippen LogP contribution is -2.26. The van der Waals surface area contributed by atoms with Crippen LogP contribution in [0.5, 0.6) is 0 Å². The van der Waals surface area contributed by atoms with E-state index in [2.05, 4.69) is 9.71 Å². The summed E-state index contributed by atoms with van der Waals surface area (Å²) in [5.74, 6) is 0. The van der Waals surface area contributed by atoms with Crippen LogP contribution in [0, 0.1) is 6.92 Å². The molecule has 0 aliphatic rings. The molecule has 0 unspecified atom stereocenters. The maximum atomic E-state index is 12.4. The average Bonchev–Trinajstić information content (AvgIpc) is 2.90. The Morgan fingerprint density at radius 1 is 1.12 bits per heavy atom. The maximum absolute atomic E-state index is 12.4. The smallest absolute Gasteiger partial charge is 0.240 e. The number of benzene rings is 2. The first-order chi connectivity index (χ1) is 11.9. The minimum Gasteiger partial charge on any atom is -0.358 e. The van der Waals surface area contributed by atoms with Gasteiger partial charge in [0.15, 0.2) is 0 Å². The van der Waals surface area contributed by atoms with Gasteiger partial charge in [-0.15, -0.1) is 0 Å². The lowest BCUT2D eigenvalue weighted by molar-refractivity contribution is 0.581. The number of H-pyrrole nitrogens is 1. The number of aryl methyl sites for hydroxylation is 2. The Bertz CT molecular complexity index is 992. The molecule has 0 aliphatic carbocycles. The number of sulfonamides is 1. The van der Waals surface area contributed by atoms with Gasteiger partial charge in [-0.05, 0) is 61.2 Å². The summed E-state index contributed by atoms with van der Waals surface area (Å²) in [4.78, 5) is 3.61. The van der Waals surface area contributed by atoms with Crippen LogP contribution in [0.4, 0.5) is 0 Å². The first kappa shape index (κ1) is 18.0. The monoisotopic (exact) mass is 376 g/mol. The highest BCUT2D eigenvalue weighted by Gasteiger charge is 2.15. The van der Waals surface area contributed by atoms with Crippen molar-refractivity contribution in [3.8, 4) is 0 Å². The van der Waals surface area contributed by atoms with E-state index in [1.165, 1.54) is 0 Å². The molecule has 132 valence electrons. The van der Waals surface area contributed by atoms with E-state index in [4.69, 9.17) is 11.6 Å². The number of hydrogen-bond acceptors (Lipinski definition) is 2. The summed E-state index contributed by atoms with van der Waals surface area (Å²) in [5, 5.41) is 1.71. The molecule has 0 fully saturated rings. The predicted octanol–water partition coefficient (Wildman–Crippen LogP) is 4.21. The van der Waals surface area contributed by atoms with Crippen molar-refractivity contribution >= 4 is 32.5 Å². The molecule has 0 atom stereocenters. The number of aromatic nitrogens is 1. The standard InChI is InChI=1S/C19H21ClN2O2S/c1-3-14-4-7-16(8-5-14)25(23,24)21-11-10-17-13(2)22-19-9-6-15(20)12-18(17)19/h4-9,12,21-22H,3,10-11H2,1-2H3. The Morgan fingerprint density at radius 2 is 1.84 bits per heavy atom. The van der Waals surface area contributed by atoms with Crippen LogP contribution in [-0.2, 0) is 22.9 Å². The molecule has 0 amide bonds. The molecule has 0 saturated carbocycles. The van der Waals surface area contributed by atoms with Crippen molar-refractivity contribution < 1.29 is 8.42 Å². The zero-order chi connectivity index (χ0) is 18.0. The Hall–Kier alpha value is -1.82. The van der Waals surface area contributed by atoms with Gasteiger partial charge in [0, 0.05) is 28.2 Å². The quantitative estimate of drug-likeness (QED) is 0.676. The summed E-state index contributed by atoms with van der Waals surface area (Å²) in [6.07, 6.45) is 1.48. The van der Waals surface area contributed by atoms with Gasteiger partial charge < -0.3 is 4.98 Å². The van der Waals surface area contributed by atoms with Crippen molar-refractivity contribution in [3.63, 3.8) is 0 Å². The molecule has 3 rings (SSSR count). The highest BCUT2D eigenvalue weighted by molar-refractivity contribution is 7.89. The summed E-state index contributed by atoms with van der Waals surface area (Å²) in [5.41, 5.74) is 4.24. The SMILES string of the molecule is CCc1ccc(S(=O)(=O)NCCc2c(C)[nH]c3ccc(Cl)cc23)cc1. The van der Waals surface area contributed by atoms with Gasteiger partial charge in [-0.25, -0.2) is 13.1 Å². The zero-order valence-electron chi connectivity index (χ0n) is 14.3. The number of aromatic amines is 1. The third-order valence-electron chi connectivity index (χ3n) is 4.39. The summed E-state index contributed by atoms with van der Waals surface area (Å²) >= 11 is 6.09. The molecule has 0 spiro atoms. The van der Waals surface area contributed by atoms with Crippen LogP contribution < -0.4 is 4.72 Å². The van der Waals surface area contributed by atoms with Gasteiger partial charge in [-0.1, -0.05) is 30.7 Å². The van der Waals surface area contributed by atoms with Crippen LogP contribution in [0.15, 0.2) is 47.4 Å². The highest BCUT2D eigenvalue weighted by atomic mass is 35.5. The van der Waals surface area contributed by atoms with Crippen LogP contribution in [0.2, 0.25) is 5.02 Å². The predicted molar refractivity (Wildman–Crippen MR) is 103 cm³/mol. The average molecular weight is 377 g/mol. The van der Waals surface area contributed by atoms with E-state index in [-0.39, 0.29) is 0 Å². The summed E-state index contributed by atoms with van der Waals surface area (Å²) in [6.45, 7) is 4.36. The van der Waals surface area contributed by atoms with Gasteiger partial charge in [0.25, 0.3) is 0 Å². The number of rotatable bonds is 6. The van der Waals surface area contributed by atoms with Crippen molar-refractivity contribution in [1.29, 1.82) is 0 Å². The highest BCUT2D eigenvalue weighted by Crippen LogP contribution is 2.25. The lowest BCUT2D eigenvalue weighted by atomic mass is 10.1. The fourth-order valence-corrected chi connectivity index (χ4v) is 4.18. The number of fused-ring (bicyclic) bond motifs is 1. The van der Waals surface area contributed by atoms with E-state index in [1.807, 2.05) is 44.2 Å². The summed E-state index contributed by atoms with van der Waals surface area (Å²) in [6, 6.07) is 12.7. The molecule has 0 radical (unpaired) electrons. The molecule has 4 nitrogen and oxygen atoms in total. The van der Waals surface area contributed by atoms with Gasteiger partial charge in [-0.3, -0.25) is 0 Å². The molecule has 0 saturated heterocycles. The van der Waals surface area contributed by atoms with Crippen LogP contribution in [0.3, 0.4) is 0 Å². The number of halogens is 1. The van der Waals surface area contributed by atoms with Gasteiger partial charge in [0.05, 0.1) is 4.90 Å². The largest absolute Gasteiger partial charge is 0.358 e. The van der Waals surface area contributed by atoms with Crippen molar-refractivity contribution in [1.82, 2.24) is 9.71 Å². The Balaban J connectivity index is 1.74. The van der Waals surface area contributed by atoms with Crippen molar-refractivity contribution in [2.24, 2.45) is 0 Å². The van der Waals surface area contributed by atoms with Gasteiger partial charge in [0.1, 0.15) is 0 Å². The minimum absolute atomic E-state index is 0.295. The normalized spacial score (nSPS) is 12.0. The zero-order valence-corrected chi connectivity index (χ0v) is 15.8. The van der Waals surface area contributed by atoms with Crippen LogP contribution in [-0.4, -0.2) is 19.9 Å². The molecule has 0 aliphatic heterocycles. The summed E-state index contributed by atoms with van der Waals surface area (Å²) < 4.78 is 27.5. The Labute approximate surface area is 153 Å². The van der Waals surface area contributed by atoms with E-state index in [0.29, 0.717) is 22.9 Å². The molecule has 1 heterocycles. The fourth-order valence-electron chi connectivity index (χ4n) is 2.97. The van der Waals surface area contributed by atoms with Crippen LogP contribution >= 0.6 is 11.6 Å². The third kappa shape index (κ3) is 3.89. The second kappa shape index (κ2) is 7.20. The second-order valence-electron chi connectivity index (χ2n) is 6.06. The van der Waals surface area contributed by atoms with E-state index >= 15 is 0 Å². The minimum atomic E-state index is -3.50. The Morgan fingerprint density at radius 3 is 2.52 bits per heavy atom. The number of nitrogens with one attached hydrogen (secondary N) is 2. The van der Waals surface area contributed by atoms with Gasteiger partial charge >= 0.3 is 0 Å². The molecule has 0 bridgehead atoms. The van der Waals surface area contributed by atoms with Crippen LogP contribution in [0.25, 0.3) is 10.9 Å². The molecule has 2 N–H and O–H groups in total. The molecule has 6 heteroatoms. The molecular weight excluding hydrogens is 356 g/mol. The van der Waals surface area contributed by atoms with Crippen molar-refractivity contribution in [2.75, 3.05) is 6.54 Å². The second-order valence-corrected chi connectivity index (χ2v) is 8.27. The summed E-state index contributed by atoms with van der Waals surface area (Å²) in [7, 11) is -3.50. The fraction of sp³-hybridized carbons (Fsp3) is 0.263. The van der Waals surface area contributed by atoms with E-state index in [9.17, 15) is 8.42 Å². The van der Waals surface area contributed by atoms with Gasteiger partial charge in [-0.2, -0.15) is 0 Å². The molecule has 2 aromatic carbocycles. The molecule has 3 aromatic rings. The van der Waals surface area contributed by atoms with Crippen LogP contribution in [0.1, 0.15) is 23.7 Å². The van der Waals surface area contributed by atoms with Gasteiger partial charge in [0.2, 0.25) is 10.0 Å². The van der Waals surface area contributed by atoms with E-state index in [1.54, 1.807) is 12.1 Å². The first-order valence-corrected chi connectivity index (χ1v) is 10.1. The maximum Gasteiger partial charge on any atom is 0.240 e. The Kier molecular flexibility index (Phi) is 5.18. The third-order valence-corrected chi connectivity index (χ3v) is 6.10. The van der Waals surface area contributed by atoms with Crippen molar-refractivity contribution in [2.45, 2.75) is 31.6 Å². The van der Waals surface area contributed by atoms with E-state index < -0.39 is 10.0 Å². The molecule has 1 aromatic heterocycles. The molecule has 25 heavy (non-hydrogen) atoms. The molecular formula is C19H21ClN2O2S. The van der Waals surface area contributed by atoms with E-state index in [0.717, 1.165) is 34.1 Å².